The number of aliphatic imine (C=N–C) groups is 1. The number of hydrogen-bond donors (Lipinski definition) is 0. The third-order valence-corrected chi connectivity index (χ3v) is 4.99. The first-order chi connectivity index (χ1) is 9.04. The Morgan fingerprint density at radius 3 is 2.53 bits per heavy atom. The predicted octanol–water partition coefficient (Wildman–Crippen LogP) is 0.590. The van der Waals surface area contributed by atoms with Crippen molar-refractivity contribution < 1.29 is 13.2 Å². The van der Waals surface area contributed by atoms with Gasteiger partial charge >= 0.3 is 0 Å². The minimum absolute atomic E-state index is 0.161. The van der Waals surface area contributed by atoms with Gasteiger partial charge in [0.05, 0.1) is 10.6 Å². The monoisotopic (exact) mass is 281 g/mol. The van der Waals surface area contributed by atoms with Crippen LogP contribution in [-0.2, 0) is 14.8 Å². The summed E-state index contributed by atoms with van der Waals surface area (Å²) in [6, 6.07) is 6.03. The van der Waals surface area contributed by atoms with Crippen molar-refractivity contribution in [2.45, 2.75) is 4.90 Å². The highest BCUT2D eigenvalue weighted by molar-refractivity contribution is 7.89. The van der Waals surface area contributed by atoms with Gasteiger partial charge in [-0.2, -0.15) is 9.30 Å². The number of hydrogen-bond acceptors (Lipinski definition) is 5. The topological polar surface area (TPSA) is 70.1 Å². The number of sulfonamides is 1. The smallest absolute Gasteiger partial charge is 0.243 e. The average Bonchev–Trinajstić information content (AvgIpc) is 2.40. The summed E-state index contributed by atoms with van der Waals surface area (Å²) in [5, 5.41) is 0. The maximum absolute atomic E-state index is 12.4. The second-order valence-corrected chi connectivity index (χ2v) is 6.35. The van der Waals surface area contributed by atoms with Gasteiger partial charge in [0.2, 0.25) is 16.1 Å². The van der Waals surface area contributed by atoms with Gasteiger partial charge in [0, 0.05) is 26.2 Å². The van der Waals surface area contributed by atoms with Crippen molar-refractivity contribution >= 4 is 21.8 Å². The number of carbonyl (C=O) groups excluding carboxylic acids is 1. The normalized spacial score (nSPS) is 17.9. The molecule has 0 bridgehead atoms. The van der Waals surface area contributed by atoms with E-state index in [1.54, 1.807) is 12.1 Å². The third kappa shape index (κ3) is 3.08. The standard InChI is InChI=1S/C12H15N3O3S/c1-14-5-7-15(8-6-14)19(17,18)12-4-2-3-11(9-12)13-10-16/h2-4,9H,5-8H2,1H3. The number of benzene rings is 1. The quantitative estimate of drug-likeness (QED) is 0.600. The second kappa shape index (κ2) is 5.63. The summed E-state index contributed by atoms with van der Waals surface area (Å²) in [6.07, 6.45) is 1.41. The van der Waals surface area contributed by atoms with E-state index in [1.807, 2.05) is 7.05 Å². The van der Waals surface area contributed by atoms with E-state index in [2.05, 4.69) is 9.89 Å². The van der Waals surface area contributed by atoms with Crippen LogP contribution in [0, 0.1) is 0 Å². The van der Waals surface area contributed by atoms with Gasteiger partial charge in [0.15, 0.2) is 0 Å². The van der Waals surface area contributed by atoms with Gasteiger partial charge in [-0.3, -0.25) is 0 Å². The van der Waals surface area contributed by atoms with Crippen molar-refractivity contribution in [2.75, 3.05) is 33.2 Å². The Bertz CT molecular complexity index is 600. The molecule has 0 amide bonds. The van der Waals surface area contributed by atoms with E-state index < -0.39 is 10.0 Å². The molecule has 1 aromatic rings. The highest BCUT2D eigenvalue weighted by atomic mass is 32.2. The van der Waals surface area contributed by atoms with E-state index >= 15 is 0 Å². The SMILES string of the molecule is CN1CCN(S(=O)(=O)c2cccc(N=C=O)c2)CC1. The zero-order valence-electron chi connectivity index (χ0n) is 10.6. The summed E-state index contributed by atoms with van der Waals surface area (Å²) in [5.74, 6) is 0. The van der Waals surface area contributed by atoms with Crippen LogP contribution < -0.4 is 0 Å². The van der Waals surface area contributed by atoms with Gasteiger partial charge in [-0.1, -0.05) is 6.07 Å². The Labute approximate surface area is 112 Å². The van der Waals surface area contributed by atoms with Gasteiger partial charge in [-0.05, 0) is 25.2 Å². The van der Waals surface area contributed by atoms with Gasteiger partial charge in [0.1, 0.15) is 0 Å². The van der Waals surface area contributed by atoms with Crippen LogP contribution in [0.25, 0.3) is 0 Å². The van der Waals surface area contributed by atoms with Crippen molar-refractivity contribution in [2.24, 2.45) is 4.99 Å². The van der Waals surface area contributed by atoms with Crippen molar-refractivity contribution in [3.05, 3.63) is 24.3 Å². The molecule has 7 heteroatoms. The Kier molecular flexibility index (Phi) is 4.11. The molecule has 0 atom stereocenters. The number of likely N-dealkylation sites (N-methyl/N-ethyl adjacent to an activating group) is 1. The van der Waals surface area contributed by atoms with E-state index in [9.17, 15) is 13.2 Å². The summed E-state index contributed by atoms with van der Waals surface area (Å²) in [5.41, 5.74) is 0.296. The Morgan fingerprint density at radius 1 is 1.21 bits per heavy atom. The molecule has 102 valence electrons. The molecule has 1 saturated heterocycles. The molecule has 1 heterocycles. The first-order valence-corrected chi connectivity index (χ1v) is 7.34. The zero-order valence-corrected chi connectivity index (χ0v) is 11.4. The Balaban J connectivity index is 2.29. The van der Waals surface area contributed by atoms with Crippen molar-refractivity contribution in [3.8, 4) is 0 Å². The molecule has 1 aliphatic rings. The van der Waals surface area contributed by atoms with Crippen LogP contribution in [0.1, 0.15) is 0 Å². The fourth-order valence-electron chi connectivity index (χ4n) is 1.94. The molecule has 0 spiro atoms. The highest BCUT2D eigenvalue weighted by Crippen LogP contribution is 2.21. The lowest BCUT2D eigenvalue weighted by Crippen LogP contribution is -2.46. The maximum Gasteiger partial charge on any atom is 0.243 e. The lowest BCUT2D eigenvalue weighted by atomic mass is 10.3. The van der Waals surface area contributed by atoms with Gasteiger partial charge in [0.25, 0.3) is 0 Å². The molecule has 1 aromatic carbocycles. The molecule has 19 heavy (non-hydrogen) atoms. The van der Waals surface area contributed by atoms with Gasteiger partial charge in [-0.15, -0.1) is 0 Å². The average molecular weight is 281 g/mol. The van der Waals surface area contributed by atoms with Crippen LogP contribution in [-0.4, -0.2) is 56.9 Å². The largest absolute Gasteiger partial charge is 0.304 e. The van der Waals surface area contributed by atoms with E-state index in [1.165, 1.54) is 22.5 Å². The molecule has 0 radical (unpaired) electrons. The van der Waals surface area contributed by atoms with E-state index in [4.69, 9.17) is 0 Å². The predicted molar refractivity (Wildman–Crippen MR) is 70.5 cm³/mol. The highest BCUT2D eigenvalue weighted by Gasteiger charge is 2.27. The third-order valence-electron chi connectivity index (χ3n) is 3.09. The maximum atomic E-state index is 12.4. The van der Waals surface area contributed by atoms with Crippen LogP contribution in [0.4, 0.5) is 5.69 Å². The number of isocyanates is 1. The van der Waals surface area contributed by atoms with E-state index in [0.29, 0.717) is 31.9 Å². The van der Waals surface area contributed by atoms with E-state index in [0.717, 1.165) is 0 Å². The first-order valence-electron chi connectivity index (χ1n) is 5.90. The minimum Gasteiger partial charge on any atom is -0.304 e. The molecule has 6 nitrogen and oxygen atoms in total. The number of nitrogens with zero attached hydrogens (tertiary/aromatic N) is 3. The summed E-state index contributed by atoms with van der Waals surface area (Å²) < 4.78 is 26.3. The number of rotatable bonds is 3. The van der Waals surface area contributed by atoms with Crippen LogP contribution in [0.3, 0.4) is 0 Å². The molecular formula is C12H15N3O3S. The van der Waals surface area contributed by atoms with Gasteiger partial charge in [-0.25, -0.2) is 13.2 Å². The molecule has 2 rings (SSSR count). The lowest BCUT2D eigenvalue weighted by Gasteiger charge is -2.31. The van der Waals surface area contributed by atoms with E-state index in [-0.39, 0.29) is 4.90 Å². The molecule has 1 aliphatic heterocycles. The van der Waals surface area contributed by atoms with Gasteiger partial charge < -0.3 is 4.90 Å². The van der Waals surface area contributed by atoms with Crippen LogP contribution in [0.15, 0.2) is 34.2 Å². The van der Waals surface area contributed by atoms with Crippen molar-refractivity contribution in [3.63, 3.8) is 0 Å². The summed E-state index contributed by atoms with van der Waals surface area (Å²) in [7, 11) is -1.55. The summed E-state index contributed by atoms with van der Waals surface area (Å²) in [6.45, 7) is 2.37. The first kappa shape index (κ1) is 13.9. The Hall–Kier alpha value is -1.53. The number of piperazine rings is 1. The van der Waals surface area contributed by atoms with Crippen molar-refractivity contribution in [1.82, 2.24) is 9.21 Å². The molecule has 0 N–H and O–H groups in total. The van der Waals surface area contributed by atoms with Crippen LogP contribution in [0.2, 0.25) is 0 Å². The molecule has 1 fully saturated rings. The van der Waals surface area contributed by atoms with Crippen LogP contribution in [0.5, 0.6) is 0 Å². The minimum atomic E-state index is -3.51. The molecule has 0 unspecified atom stereocenters. The Morgan fingerprint density at radius 2 is 1.89 bits per heavy atom. The fraction of sp³-hybridized carbons (Fsp3) is 0.417. The second-order valence-electron chi connectivity index (χ2n) is 4.41. The molecular weight excluding hydrogens is 266 g/mol. The molecule has 0 saturated carbocycles. The molecule has 0 aromatic heterocycles. The fourth-order valence-corrected chi connectivity index (χ4v) is 3.41. The lowest BCUT2D eigenvalue weighted by molar-refractivity contribution is 0.222. The summed E-state index contributed by atoms with van der Waals surface area (Å²) >= 11 is 0. The molecule has 0 aliphatic carbocycles. The summed E-state index contributed by atoms with van der Waals surface area (Å²) in [4.78, 5) is 15.9. The van der Waals surface area contributed by atoms with Crippen molar-refractivity contribution in [1.29, 1.82) is 0 Å². The zero-order chi connectivity index (χ0) is 13.9. The van der Waals surface area contributed by atoms with Crippen LogP contribution >= 0.6 is 0 Å².